The van der Waals surface area contributed by atoms with Gasteiger partial charge in [0, 0.05) is 28.5 Å². The summed E-state index contributed by atoms with van der Waals surface area (Å²) in [6.07, 6.45) is 5.30. The van der Waals surface area contributed by atoms with E-state index in [0.717, 1.165) is 35.1 Å². The van der Waals surface area contributed by atoms with Gasteiger partial charge in [-0.15, -0.1) is 16.4 Å². The number of nitrogens with zero attached hydrogens (tertiary/aromatic N) is 5. The quantitative estimate of drug-likeness (QED) is 0.504. The highest BCUT2D eigenvalue weighted by molar-refractivity contribution is 14.1. The zero-order chi connectivity index (χ0) is 17.8. The fourth-order valence-electron chi connectivity index (χ4n) is 3.74. The van der Waals surface area contributed by atoms with E-state index in [4.69, 9.17) is 8.05 Å². The monoisotopic (exact) mass is 483 g/mol. The van der Waals surface area contributed by atoms with Gasteiger partial charge in [-0.3, -0.25) is 9.20 Å². The summed E-state index contributed by atoms with van der Waals surface area (Å²) in [7, 11) is 0. The van der Waals surface area contributed by atoms with Crippen LogP contribution in [0.4, 0.5) is 0 Å². The first-order valence-electron chi connectivity index (χ1n) is 8.79. The average molecular weight is 483 g/mol. The smallest absolute Gasteiger partial charge is 0.259 e. The van der Waals surface area contributed by atoms with Crippen molar-refractivity contribution in [2.75, 3.05) is 6.61 Å². The molecule has 136 valence electrons. The standard InChI is InChI=1S/C17H18IN5O2S/c1-9-16(13-4-11(13)8-25-18)23-15(24)5-12(20-17(23)26-9)7-22-14(6-19-21-22)10-2-3-10/h5-6,10-11,13H,2-4,7-8H2,1H3. The first-order valence-corrected chi connectivity index (χ1v) is 10.5. The second kappa shape index (κ2) is 6.38. The molecule has 0 bridgehead atoms. The third-order valence-corrected chi connectivity index (χ3v) is 6.62. The van der Waals surface area contributed by atoms with Gasteiger partial charge in [0.15, 0.2) is 4.96 Å². The van der Waals surface area contributed by atoms with Crippen LogP contribution in [-0.2, 0) is 9.61 Å². The zero-order valence-corrected chi connectivity index (χ0v) is 17.2. The molecule has 0 spiro atoms. The van der Waals surface area contributed by atoms with Gasteiger partial charge in [-0.1, -0.05) is 5.21 Å². The van der Waals surface area contributed by atoms with E-state index in [1.807, 2.05) is 33.9 Å². The van der Waals surface area contributed by atoms with Crippen LogP contribution in [0.1, 0.15) is 53.1 Å². The number of fused-ring (bicyclic) bond motifs is 1. The second-order valence-corrected chi connectivity index (χ2v) is 9.02. The van der Waals surface area contributed by atoms with E-state index in [9.17, 15) is 4.79 Å². The Balaban J connectivity index is 1.50. The Kier molecular flexibility index (Phi) is 4.13. The van der Waals surface area contributed by atoms with Gasteiger partial charge in [-0.05, 0) is 32.1 Å². The topological polar surface area (TPSA) is 74.3 Å². The van der Waals surface area contributed by atoms with Gasteiger partial charge >= 0.3 is 0 Å². The Morgan fingerprint density at radius 3 is 3.04 bits per heavy atom. The summed E-state index contributed by atoms with van der Waals surface area (Å²) >= 11 is 3.53. The molecule has 5 rings (SSSR count). The van der Waals surface area contributed by atoms with Crippen LogP contribution in [0.25, 0.3) is 4.96 Å². The molecule has 2 atom stereocenters. The summed E-state index contributed by atoms with van der Waals surface area (Å²) in [5.74, 6) is 1.48. The number of halogens is 1. The molecule has 2 saturated carbocycles. The van der Waals surface area contributed by atoms with Crippen molar-refractivity contribution >= 4 is 39.3 Å². The van der Waals surface area contributed by atoms with Crippen LogP contribution in [0.15, 0.2) is 17.1 Å². The third-order valence-electron chi connectivity index (χ3n) is 5.29. The highest BCUT2D eigenvalue weighted by Gasteiger charge is 2.42. The molecule has 0 N–H and O–H groups in total. The molecule has 0 aliphatic heterocycles. The molecule has 2 aliphatic carbocycles. The Labute approximate surface area is 168 Å². The Morgan fingerprint density at radius 1 is 1.42 bits per heavy atom. The summed E-state index contributed by atoms with van der Waals surface area (Å²) in [6, 6.07) is 1.65. The summed E-state index contributed by atoms with van der Waals surface area (Å²) < 4.78 is 8.92. The van der Waals surface area contributed by atoms with Gasteiger partial charge in [0.2, 0.25) is 0 Å². The maximum atomic E-state index is 12.8. The fourth-order valence-corrected chi connectivity index (χ4v) is 5.26. The largest absolute Gasteiger partial charge is 0.315 e. The fraction of sp³-hybridized carbons (Fsp3) is 0.529. The molecule has 0 radical (unpaired) electrons. The number of aromatic nitrogens is 5. The number of aryl methyl sites for hydroxylation is 1. The molecule has 3 aromatic heterocycles. The van der Waals surface area contributed by atoms with E-state index >= 15 is 0 Å². The third kappa shape index (κ3) is 2.89. The lowest BCUT2D eigenvalue weighted by atomic mass is 10.2. The molecule has 0 amide bonds. The van der Waals surface area contributed by atoms with Gasteiger partial charge in [0.1, 0.15) is 23.0 Å². The van der Waals surface area contributed by atoms with E-state index in [1.165, 1.54) is 17.7 Å². The van der Waals surface area contributed by atoms with Gasteiger partial charge in [-0.25, -0.2) is 9.67 Å². The minimum absolute atomic E-state index is 0.00141. The summed E-state index contributed by atoms with van der Waals surface area (Å²) in [4.78, 5) is 19.5. The van der Waals surface area contributed by atoms with E-state index < -0.39 is 0 Å². The molecule has 2 unspecified atom stereocenters. The number of hydrogen-bond acceptors (Lipinski definition) is 6. The van der Waals surface area contributed by atoms with Crippen molar-refractivity contribution in [2.24, 2.45) is 5.92 Å². The van der Waals surface area contributed by atoms with Crippen LogP contribution < -0.4 is 5.56 Å². The summed E-state index contributed by atoms with van der Waals surface area (Å²) in [6.45, 7) is 3.31. The van der Waals surface area contributed by atoms with E-state index in [1.54, 1.807) is 21.8 Å². The highest BCUT2D eigenvalue weighted by Crippen LogP contribution is 2.49. The molecule has 0 aromatic carbocycles. The predicted molar refractivity (Wildman–Crippen MR) is 106 cm³/mol. The van der Waals surface area contributed by atoms with Crippen LogP contribution in [0.3, 0.4) is 0 Å². The molecule has 3 aromatic rings. The minimum Gasteiger partial charge on any atom is -0.315 e. The van der Waals surface area contributed by atoms with E-state index in [0.29, 0.717) is 24.3 Å². The molecular weight excluding hydrogens is 465 g/mol. The van der Waals surface area contributed by atoms with Crippen LogP contribution in [0.2, 0.25) is 0 Å². The highest BCUT2D eigenvalue weighted by atomic mass is 127. The molecule has 7 nitrogen and oxygen atoms in total. The molecule has 9 heteroatoms. The lowest BCUT2D eigenvalue weighted by Gasteiger charge is -2.06. The van der Waals surface area contributed by atoms with E-state index in [-0.39, 0.29) is 5.56 Å². The van der Waals surface area contributed by atoms with Crippen LogP contribution in [0, 0.1) is 12.8 Å². The summed E-state index contributed by atoms with van der Waals surface area (Å²) in [5, 5.41) is 8.21. The van der Waals surface area contributed by atoms with Gasteiger partial charge < -0.3 is 3.07 Å². The lowest BCUT2D eigenvalue weighted by molar-refractivity contribution is 0.394. The van der Waals surface area contributed by atoms with Gasteiger partial charge in [0.25, 0.3) is 5.56 Å². The Hall–Kier alpha value is -1.33. The molecule has 2 fully saturated rings. The maximum Gasteiger partial charge on any atom is 0.259 e. The first-order chi connectivity index (χ1) is 12.7. The SMILES string of the molecule is Cc1sc2nc(Cn3nncc3C3CC3)cc(=O)n2c1C1CC1COI. The zero-order valence-electron chi connectivity index (χ0n) is 14.3. The van der Waals surface area contributed by atoms with Crippen molar-refractivity contribution in [2.45, 2.75) is 44.6 Å². The van der Waals surface area contributed by atoms with Crippen LogP contribution in [-0.4, -0.2) is 31.0 Å². The van der Waals surface area contributed by atoms with Crippen molar-refractivity contribution in [3.8, 4) is 0 Å². The molecule has 26 heavy (non-hydrogen) atoms. The average Bonchev–Trinajstić information content (AvgIpc) is 3.50. The van der Waals surface area contributed by atoms with Crippen LogP contribution >= 0.6 is 34.3 Å². The minimum atomic E-state index is -0.00141. The molecule has 3 heterocycles. The van der Waals surface area contributed by atoms with Crippen molar-refractivity contribution in [1.82, 2.24) is 24.4 Å². The van der Waals surface area contributed by atoms with Gasteiger partial charge in [0.05, 0.1) is 30.7 Å². The lowest BCUT2D eigenvalue weighted by Crippen LogP contribution is -2.18. The van der Waals surface area contributed by atoms with Gasteiger partial charge in [-0.2, -0.15) is 0 Å². The number of rotatable bonds is 6. The van der Waals surface area contributed by atoms with Crippen molar-refractivity contribution < 1.29 is 3.07 Å². The maximum absolute atomic E-state index is 12.8. The van der Waals surface area contributed by atoms with Crippen molar-refractivity contribution in [3.63, 3.8) is 0 Å². The Bertz CT molecular complexity index is 1040. The van der Waals surface area contributed by atoms with E-state index in [2.05, 4.69) is 17.2 Å². The van der Waals surface area contributed by atoms with Crippen molar-refractivity contribution in [1.29, 1.82) is 0 Å². The Morgan fingerprint density at radius 2 is 2.27 bits per heavy atom. The second-order valence-electron chi connectivity index (χ2n) is 7.22. The molecule has 2 aliphatic rings. The predicted octanol–water partition coefficient (Wildman–Crippen LogP) is 3.05. The van der Waals surface area contributed by atoms with Crippen LogP contribution in [0.5, 0.6) is 0 Å². The van der Waals surface area contributed by atoms with Crippen molar-refractivity contribution in [3.05, 3.63) is 44.6 Å². The summed E-state index contributed by atoms with van der Waals surface area (Å²) in [5.41, 5.74) is 3.01. The normalized spacial score (nSPS) is 22.2. The molecule has 0 saturated heterocycles. The number of thiazole rings is 1. The first kappa shape index (κ1) is 16.8. The molecular formula is C17H18IN5O2S. The number of hydrogen-bond donors (Lipinski definition) is 0.